The number of nitrogens with one attached hydrogen (secondary N) is 2. The van der Waals surface area contributed by atoms with Crippen LogP contribution in [0.5, 0.6) is 5.75 Å². The Bertz CT molecular complexity index is 602. The summed E-state index contributed by atoms with van der Waals surface area (Å²) in [5.41, 5.74) is 1.32. The third-order valence-electron chi connectivity index (χ3n) is 4.64. The second kappa shape index (κ2) is 9.26. The lowest BCUT2D eigenvalue weighted by atomic mass is 9.98. The molecule has 1 saturated carbocycles. The molecule has 2 aliphatic rings. The minimum Gasteiger partial charge on any atom is -0.497 e. The number of hydrogen-bond donors (Lipinski definition) is 2. The van der Waals surface area contributed by atoms with Gasteiger partial charge in [-0.05, 0) is 37.0 Å². The van der Waals surface area contributed by atoms with E-state index < -0.39 is 0 Å². The fourth-order valence-electron chi connectivity index (χ4n) is 3.10. The maximum atomic E-state index is 11.8. The molecule has 1 unspecified atom stereocenters. The Kier molecular flexibility index (Phi) is 7.34. The number of methoxy groups -OCH3 is 1. The van der Waals surface area contributed by atoms with Crippen LogP contribution in [0, 0.1) is 0 Å². The van der Waals surface area contributed by atoms with Crippen LogP contribution in [0.15, 0.2) is 29.3 Å². The van der Waals surface area contributed by atoms with Gasteiger partial charge in [-0.2, -0.15) is 0 Å². The lowest BCUT2D eigenvalue weighted by Gasteiger charge is -2.21. The highest BCUT2D eigenvalue weighted by Gasteiger charge is 2.27. The van der Waals surface area contributed by atoms with Crippen LogP contribution in [-0.2, 0) is 4.79 Å². The highest BCUT2D eigenvalue weighted by Crippen LogP contribution is 2.28. The first kappa shape index (κ1) is 19.8. The Hall–Kier alpha value is -1.51. The van der Waals surface area contributed by atoms with E-state index >= 15 is 0 Å². The predicted molar refractivity (Wildman–Crippen MR) is 110 cm³/mol. The monoisotopic (exact) mass is 458 g/mol. The smallest absolute Gasteiger partial charge is 0.239 e. The van der Waals surface area contributed by atoms with Gasteiger partial charge in [0.1, 0.15) is 5.75 Å². The lowest BCUT2D eigenvalue weighted by Crippen LogP contribution is -2.45. The molecule has 1 aromatic carbocycles. The summed E-state index contributed by atoms with van der Waals surface area (Å²) in [4.78, 5) is 18.4. The number of guanidine groups is 1. The summed E-state index contributed by atoms with van der Waals surface area (Å²) in [6.45, 7) is 2.14. The van der Waals surface area contributed by atoms with Crippen molar-refractivity contribution in [2.45, 2.75) is 31.2 Å². The van der Waals surface area contributed by atoms with Gasteiger partial charge in [0.2, 0.25) is 5.91 Å². The van der Waals surface area contributed by atoms with Gasteiger partial charge in [-0.3, -0.25) is 9.79 Å². The van der Waals surface area contributed by atoms with E-state index in [0.29, 0.717) is 12.0 Å². The molecule has 1 aliphatic carbocycles. The standard InChI is InChI=1S/C18H26N4O2.HI/c1-19-18(20-11-17(23)21-15-5-6-15)22-10-9-14(12-22)13-3-7-16(24-2)8-4-13;/h3-4,7-8,14-15H,5-6,9-12H2,1-2H3,(H,19,20)(H,21,23);1H. The van der Waals surface area contributed by atoms with E-state index in [2.05, 4.69) is 32.7 Å². The zero-order valence-corrected chi connectivity index (χ0v) is 17.2. The minimum absolute atomic E-state index is 0. The van der Waals surface area contributed by atoms with Gasteiger partial charge < -0.3 is 20.3 Å². The second-order valence-electron chi connectivity index (χ2n) is 6.45. The molecule has 2 fully saturated rings. The molecular weight excluding hydrogens is 431 g/mol. The molecule has 6 nitrogen and oxygen atoms in total. The average molecular weight is 458 g/mol. The number of amides is 1. The van der Waals surface area contributed by atoms with Crippen LogP contribution in [0.4, 0.5) is 0 Å². The van der Waals surface area contributed by atoms with Crippen molar-refractivity contribution in [1.29, 1.82) is 0 Å². The van der Waals surface area contributed by atoms with Gasteiger partial charge in [-0.25, -0.2) is 0 Å². The van der Waals surface area contributed by atoms with Gasteiger partial charge in [0, 0.05) is 32.1 Å². The first-order chi connectivity index (χ1) is 11.7. The predicted octanol–water partition coefficient (Wildman–Crippen LogP) is 1.96. The molecule has 0 radical (unpaired) electrons. The van der Waals surface area contributed by atoms with Gasteiger partial charge in [-0.15, -0.1) is 24.0 Å². The molecule has 0 aromatic heterocycles. The zero-order valence-electron chi connectivity index (χ0n) is 14.8. The second-order valence-corrected chi connectivity index (χ2v) is 6.45. The van der Waals surface area contributed by atoms with Crippen molar-refractivity contribution >= 4 is 35.8 Å². The number of benzene rings is 1. The SMILES string of the molecule is CN=C(NCC(=O)NC1CC1)N1CCC(c2ccc(OC)cc2)C1.I. The van der Waals surface area contributed by atoms with Crippen LogP contribution in [0.1, 0.15) is 30.7 Å². The van der Waals surface area contributed by atoms with E-state index in [-0.39, 0.29) is 36.4 Å². The summed E-state index contributed by atoms with van der Waals surface area (Å²) in [6.07, 6.45) is 3.30. The van der Waals surface area contributed by atoms with Crippen LogP contribution >= 0.6 is 24.0 Å². The number of halogens is 1. The fraction of sp³-hybridized carbons (Fsp3) is 0.556. The Morgan fingerprint density at radius 3 is 2.60 bits per heavy atom. The molecular formula is C18H27IN4O2. The third kappa shape index (κ3) is 5.49. The van der Waals surface area contributed by atoms with Crippen LogP contribution in [0.3, 0.4) is 0 Å². The minimum atomic E-state index is 0. The molecule has 1 saturated heterocycles. The van der Waals surface area contributed by atoms with Crippen molar-refractivity contribution in [2.24, 2.45) is 4.99 Å². The summed E-state index contributed by atoms with van der Waals surface area (Å²) in [5.74, 6) is 2.21. The fourth-order valence-corrected chi connectivity index (χ4v) is 3.10. The van der Waals surface area contributed by atoms with E-state index in [4.69, 9.17) is 4.74 Å². The van der Waals surface area contributed by atoms with Crippen molar-refractivity contribution in [1.82, 2.24) is 15.5 Å². The molecule has 0 bridgehead atoms. The van der Waals surface area contributed by atoms with Gasteiger partial charge in [0.25, 0.3) is 0 Å². The van der Waals surface area contributed by atoms with E-state index in [1.807, 2.05) is 12.1 Å². The summed E-state index contributed by atoms with van der Waals surface area (Å²) < 4.78 is 5.22. The first-order valence-electron chi connectivity index (χ1n) is 8.58. The van der Waals surface area contributed by atoms with Gasteiger partial charge in [-0.1, -0.05) is 12.1 Å². The molecule has 1 atom stereocenters. The molecule has 7 heteroatoms. The van der Waals surface area contributed by atoms with E-state index in [1.165, 1.54) is 5.56 Å². The number of rotatable bonds is 5. The third-order valence-corrected chi connectivity index (χ3v) is 4.64. The Balaban J connectivity index is 0.00000225. The van der Waals surface area contributed by atoms with Crippen molar-refractivity contribution in [3.05, 3.63) is 29.8 Å². The Morgan fingerprint density at radius 1 is 1.28 bits per heavy atom. The number of ether oxygens (including phenoxy) is 1. The van der Waals surface area contributed by atoms with Gasteiger partial charge >= 0.3 is 0 Å². The lowest BCUT2D eigenvalue weighted by molar-refractivity contribution is -0.120. The molecule has 1 aliphatic heterocycles. The van der Waals surface area contributed by atoms with Crippen molar-refractivity contribution in [2.75, 3.05) is 33.8 Å². The highest BCUT2D eigenvalue weighted by atomic mass is 127. The molecule has 0 spiro atoms. The number of carbonyl (C=O) groups is 1. The number of hydrogen-bond acceptors (Lipinski definition) is 3. The van der Waals surface area contributed by atoms with Crippen molar-refractivity contribution in [3.8, 4) is 5.75 Å². The summed E-state index contributed by atoms with van der Waals surface area (Å²) in [7, 11) is 3.45. The van der Waals surface area contributed by atoms with Crippen LogP contribution in [0.2, 0.25) is 0 Å². The van der Waals surface area contributed by atoms with E-state index in [0.717, 1.165) is 44.1 Å². The van der Waals surface area contributed by atoms with Crippen molar-refractivity contribution in [3.63, 3.8) is 0 Å². The zero-order chi connectivity index (χ0) is 16.9. The van der Waals surface area contributed by atoms with Crippen molar-refractivity contribution < 1.29 is 9.53 Å². The van der Waals surface area contributed by atoms with Crippen LogP contribution in [0.25, 0.3) is 0 Å². The molecule has 1 heterocycles. The maximum absolute atomic E-state index is 11.8. The van der Waals surface area contributed by atoms with Crippen LogP contribution in [-0.4, -0.2) is 56.6 Å². The van der Waals surface area contributed by atoms with E-state index in [1.54, 1.807) is 14.2 Å². The summed E-state index contributed by atoms with van der Waals surface area (Å²) >= 11 is 0. The number of carbonyl (C=O) groups excluding carboxylic acids is 1. The summed E-state index contributed by atoms with van der Waals surface area (Å²) in [6, 6.07) is 8.67. The highest BCUT2D eigenvalue weighted by molar-refractivity contribution is 14.0. The quantitative estimate of drug-likeness (QED) is 0.402. The number of nitrogens with zero attached hydrogens (tertiary/aromatic N) is 2. The van der Waals surface area contributed by atoms with Gasteiger partial charge in [0.05, 0.1) is 13.7 Å². The van der Waals surface area contributed by atoms with E-state index in [9.17, 15) is 4.79 Å². The Labute approximate surface area is 166 Å². The average Bonchev–Trinajstić information content (AvgIpc) is 3.28. The Morgan fingerprint density at radius 2 is 2.00 bits per heavy atom. The normalized spacial score (nSPS) is 20.0. The molecule has 1 aromatic rings. The molecule has 3 rings (SSSR count). The molecule has 25 heavy (non-hydrogen) atoms. The largest absolute Gasteiger partial charge is 0.497 e. The number of aliphatic imine (C=N–C) groups is 1. The number of likely N-dealkylation sites (tertiary alicyclic amines) is 1. The molecule has 2 N–H and O–H groups in total. The topological polar surface area (TPSA) is 66.0 Å². The molecule has 138 valence electrons. The summed E-state index contributed by atoms with van der Waals surface area (Å²) in [5, 5.41) is 6.16. The van der Waals surface area contributed by atoms with Crippen LogP contribution < -0.4 is 15.4 Å². The maximum Gasteiger partial charge on any atom is 0.239 e. The molecule has 1 amide bonds. The first-order valence-corrected chi connectivity index (χ1v) is 8.58. The van der Waals surface area contributed by atoms with Gasteiger partial charge in [0.15, 0.2) is 5.96 Å².